The summed E-state index contributed by atoms with van der Waals surface area (Å²) < 4.78 is 0. The minimum Gasteiger partial charge on any atom is -0.507 e. The van der Waals surface area contributed by atoms with Gasteiger partial charge in [0.1, 0.15) is 17.4 Å². The fourth-order valence-electron chi connectivity index (χ4n) is 4.63. The Morgan fingerprint density at radius 1 is 1.03 bits per heavy atom. The topological polar surface area (TPSA) is 118 Å². The zero-order valence-corrected chi connectivity index (χ0v) is 22.2. The van der Waals surface area contributed by atoms with Crippen LogP contribution in [0.2, 0.25) is 0 Å². The molecule has 0 aliphatic carbocycles. The van der Waals surface area contributed by atoms with E-state index in [-0.39, 0.29) is 35.0 Å². The summed E-state index contributed by atoms with van der Waals surface area (Å²) in [6.07, 6.45) is 1.78. The van der Waals surface area contributed by atoms with Gasteiger partial charge in [0, 0.05) is 22.7 Å². The van der Waals surface area contributed by atoms with Crippen LogP contribution >= 0.6 is 11.3 Å². The number of aromatic hydroxyl groups is 1. The molecule has 0 radical (unpaired) electrons. The van der Waals surface area contributed by atoms with Gasteiger partial charge in [0.05, 0.1) is 10.6 Å². The molecule has 1 saturated heterocycles. The average Bonchev–Trinajstić information content (AvgIpc) is 3.50. The Hall–Kier alpha value is -4.52. The number of phenols is 1. The van der Waals surface area contributed by atoms with Gasteiger partial charge in [-0.3, -0.25) is 9.59 Å². The van der Waals surface area contributed by atoms with E-state index in [0.29, 0.717) is 32.8 Å². The molecule has 2 aromatic carbocycles. The van der Waals surface area contributed by atoms with Crippen molar-refractivity contribution in [3.8, 4) is 34.2 Å². The summed E-state index contributed by atoms with van der Waals surface area (Å²) in [5.41, 5.74) is 2.57. The van der Waals surface area contributed by atoms with Gasteiger partial charge in [-0.05, 0) is 80.3 Å². The van der Waals surface area contributed by atoms with E-state index in [9.17, 15) is 20.0 Å². The SMILES string of the molecule is CN1CCC(NC(=O)c2cccc(-c3cc(-c4ccccc4O)nc(NC(=O)c4cccs4)c3C#N)c2)CC1. The van der Waals surface area contributed by atoms with Gasteiger partial charge in [0.15, 0.2) is 5.82 Å². The molecule has 2 amide bonds. The number of rotatable bonds is 6. The molecule has 5 rings (SSSR count). The highest BCUT2D eigenvalue weighted by molar-refractivity contribution is 7.12. The first-order valence-corrected chi connectivity index (χ1v) is 13.5. The van der Waals surface area contributed by atoms with Gasteiger partial charge in [-0.25, -0.2) is 4.98 Å². The number of phenolic OH excluding ortho intramolecular Hbond substituents is 1. The van der Waals surface area contributed by atoms with Gasteiger partial charge in [0.25, 0.3) is 11.8 Å². The lowest BCUT2D eigenvalue weighted by Crippen LogP contribution is -2.43. The number of likely N-dealkylation sites (tertiary alicyclic amines) is 1. The predicted octanol–water partition coefficient (Wildman–Crippen LogP) is 5.13. The number of hydrogen-bond acceptors (Lipinski definition) is 7. The summed E-state index contributed by atoms with van der Waals surface area (Å²) in [7, 11) is 2.07. The number of amides is 2. The first-order valence-electron chi connectivity index (χ1n) is 12.6. The second-order valence-corrected chi connectivity index (χ2v) is 10.4. The number of carbonyl (C=O) groups is 2. The number of benzene rings is 2. The van der Waals surface area contributed by atoms with Crippen LogP contribution < -0.4 is 10.6 Å². The van der Waals surface area contributed by atoms with Crippen LogP contribution in [-0.4, -0.2) is 53.0 Å². The van der Waals surface area contributed by atoms with Crippen LogP contribution in [0.15, 0.2) is 72.1 Å². The fourth-order valence-corrected chi connectivity index (χ4v) is 5.25. The third-order valence-electron chi connectivity index (χ3n) is 6.78. The molecule has 39 heavy (non-hydrogen) atoms. The van der Waals surface area contributed by atoms with Gasteiger partial charge in [0.2, 0.25) is 0 Å². The fraction of sp³-hybridized carbons (Fsp3) is 0.200. The van der Waals surface area contributed by atoms with E-state index < -0.39 is 0 Å². The number of hydrogen-bond donors (Lipinski definition) is 3. The lowest BCUT2D eigenvalue weighted by atomic mass is 9.96. The van der Waals surface area contributed by atoms with Gasteiger partial charge in [-0.1, -0.05) is 30.3 Å². The van der Waals surface area contributed by atoms with E-state index in [1.807, 2.05) is 6.07 Å². The second kappa shape index (κ2) is 11.5. The predicted molar refractivity (Wildman–Crippen MR) is 152 cm³/mol. The van der Waals surface area contributed by atoms with E-state index in [4.69, 9.17) is 0 Å². The lowest BCUT2D eigenvalue weighted by molar-refractivity contribution is 0.0916. The number of aromatic nitrogens is 1. The molecule has 0 saturated carbocycles. The number of para-hydroxylation sites is 1. The highest BCUT2D eigenvalue weighted by Gasteiger charge is 2.22. The van der Waals surface area contributed by atoms with Crippen molar-refractivity contribution in [1.29, 1.82) is 5.26 Å². The Labute approximate surface area is 230 Å². The molecule has 4 aromatic rings. The third kappa shape index (κ3) is 5.82. The van der Waals surface area contributed by atoms with Gasteiger partial charge in [-0.15, -0.1) is 11.3 Å². The minimum atomic E-state index is -0.388. The lowest BCUT2D eigenvalue weighted by Gasteiger charge is -2.29. The quantitative estimate of drug-likeness (QED) is 0.314. The summed E-state index contributed by atoms with van der Waals surface area (Å²) in [6, 6.07) is 21.2. The Balaban J connectivity index is 1.55. The second-order valence-electron chi connectivity index (χ2n) is 9.47. The van der Waals surface area contributed by atoms with Crippen LogP contribution in [0.1, 0.15) is 38.4 Å². The van der Waals surface area contributed by atoms with Gasteiger partial charge >= 0.3 is 0 Å². The molecule has 0 bridgehead atoms. The number of nitrogens with one attached hydrogen (secondary N) is 2. The van der Waals surface area contributed by atoms with Gasteiger partial charge < -0.3 is 20.6 Å². The number of carbonyl (C=O) groups excluding carboxylic acids is 2. The van der Waals surface area contributed by atoms with Crippen LogP contribution in [0.4, 0.5) is 5.82 Å². The zero-order valence-electron chi connectivity index (χ0n) is 21.3. The minimum absolute atomic E-state index is 0.0162. The largest absolute Gasteiger partial charge is 0.507 e. The summed E-state index contributed by atoms with van der Waals surface area (Å²) in [5, 5.41) is 28.4. The maximum absolute atomic E-state index is 13.1. The molecule has 8 nitrogen and oxygen atoms in total. The third-order valence-corrected chi connectivity index (χ3v) is 7.65. The van der Waals surface area contributed by atoms with Crippen molar-refractivity contribution >= 4 is 29.0 Å². The van der Waals surface area contributed by atoms with Crippen molar-refractivity contribution in [3.05, 3.63) is 88.1 Å². The van der Waals surface area contributed by atoms with E-state index in [1.54, 1.807) is 66.0 Å². The zero-order chi connectivity index (χ0) is 27.4. The molecule has 0 spiro atoms. The van der Waals surface area contributed by atoms with E-state index >= 15 is 0 Å². The van der Waals surface area contributed by atoms with Crippen LogP contribution in [0.5, 0.6) is 5.75 Å². The molecular weight excluding hydrogens is 510 g/mol. The highest BCUT2D eigenvalue weighted by Crippen LogP contribution is 2.36. The van der Waals surface area contributed by atoms with Crippen molar-refractivity contribution in [3.63, 3.8) is 0 Å². The normalized spacial score (nSPS) is 13.9. The highest BCUT2D eigenvalue weighted by atomic mass is 32.1. The van der Waals surface area contributed by atoms with E-state index in [0.717, 1.165) is 25.9 Å². The molecule has 9 heteroatoms. The smallest absolute Gasteiger partial charge is 0.266 e. The van der Waals surface area contributed by atoms with Crippen LogP contribution in [0, 0.1) is 11.3 Å². The number of piperidine rings is 1. The van der Waals surface area contributed by atoms with E-state index in [1.165, 1.54) is 11.3 Å². The molecule has 3 heterocycles. The first-order chi connectivity index (χ1) is 18.9. The molecule has 0 atom stereocenters. The number of thiophene rings is 1. The van der Waals surface area contributed by atoms with Crippen molar-refractivity contribution in [2.75, 3.05) is 25.5 Å². The summed E-state index contributed by atoms with van der Waals surface area (Å²) in [5.74, 6) is -0.470. The monoisotopic (exact) mass is 537 g/mol. The van der Waals surface area contributed by atoms with Gasteiger partial charge in [-0.2, -0.15) is 5.26 Å². The number of nitrogens with zero attached hydrogens (tertiary/aromatic N) is 3. The van der Waals surface area contributed by atoms with Crippen molar-refractivity contribution in [1.82, 2.24) is 15.2 Å². The molecule has 196 valence electrons. The number of anilines is 1. The molecule has 1 aliphatic heterocycles. The Kier molecular flexibility index (Phi) is 7.68. The Bertz CT molecular complexity index is 1550. The van der Waals surface area contributed by atoms with Crippen LogP contribution in [0.25, 0.3) is 22.4 Å². The van der Waals surface area contributed by atoms with Crippen molar-refractivity contribution in [2.45, 2.75) is 18.9 Å². The Morgan fingerprint density at radius 3 is 2.54 bits per heavy atom. The standard InChI is InChI=1S/C30H27N5O3S/c1-35-13-11-21(12-14-35)32-29(37)20-7-4-6-19(16-20)23-17-25(22-8-2-3-9-26(22)36)33-28(24(23)18-31)34-30(38)27-10-5-15-39-27/h2-10,15-17,21,36H,11-14H2,1H3,(H,32,37)(H,33,34,38). The van der Waals surface area contributed by atoms with Crippen molar-refractivity contribution in [2.24, 2.45) is 0 Å². The van der Waals surface area contributed by atoms with Crippen molar-refractivity contribution < 1.29 is 14.7 Å². The molecule has 3 N–H and O–H groups in total. The summed E-state index contributed by atoms with van der Waals surface area (Å²) >= 11 is 1.28. The van der Waals surface area contributed by atoms with Crippen LogP contribution in [0.3, 0.4) is 0 Å². The molecule has 2 aromatic heterocycles. The molecule has 1 fully saturated rings. The number of pyridine rings is 1. The molecule has 1 aliphatic rings. The maximum Gasteiger partial charge on any atom is 0.266 e. The first kappa shape index (κ1) is 26.1. The maximum atomic E-state index is 13.1. The summed E-state index contributed by atoms with van der Waals surface area (Å²) in [4.78, 5) is 33.3. The van der Waals surface area contributed by atoms with E-state index in [2.05, 4.69) is 33.6 Å². The average molecular weight is 538 g/mol. The molecular formula is C30H27N5O3S. The Morgan fingerprint density at radius 2 is 1.82 bits per heavy atom. The molecule has 0 unspecified atom stereocenters. The van der Waals surface area contributed by atoms with Crippen LogP contribution in [-0.2, 0) is 0 Å². The number of nitriles is 1. The summed E-state index contributed by atoms with van der Waals surface area (Å²) in [6.45, 7) is 1.87.